The van der Waals surface area contributed by atoms with Crippen molar-refractivity contribution in [3.05, 3.63) is 51.3 Å². The number of nitrogens with zero attached hydrogens (tertiary/aromatic N) is 5. The van der Waals surface area contributed by atoms with E-state index >= 15 is 0 Å². The molecule has 0 unspecified atom stereocenters. The van der Waals surface area contributed by atoms with Crippen molar-refractivity contribution in [3.63, 3.8) is 0 Å². The first kappa shape index (κ1) is 16.7. The minimum Gasteiger partial charge on any atom is -0.358 e. The van der Waals surface area contributed by atoms with Gasteiger partial charge in [0.15, 0.2) is 0 Å². The summed E-state index contributed by atoms with van der Waals surface area (Å²) in [5.41, 5.74) is 1.22. The molecule has 1 aromatic heterocycles. The second-order valence-electron chi connectivity index (χ2n) is 6.00. The van der Waals surface area contributed by atoms with Crippen LogP contribution in [0.5, 0.6) is 0 Å². The van der Waals surface area contributed by atoms with Crippen molar-refractivity contribution in [2.45, 2.75) is 13.0 Å². The monoisotopic (exact) mass is 349 g/mol. The molecule has 128 valence electrons. The molecule has 1 aliphatic rings. The SMILES string of the molecule is Cn1cnc([N+](=O)[O-])c1N1CCCN(Cc2ccc(Cl)cc2)CC1. The van der Waals surface area contributed by atoms with Gasteiger partial charge in [-0.15, -0.1) is 0 Å². The van der Waals surface area contributed by atoms with Crippen LogP contribution in [-0.4, -0.2) is 45.6 Å². The normalized spacial score (nSPS) is 16.2. The van der Waals surface area contributed by atoms with Crippen molar-refractivity contribution in [1.82, 2.24) is 14.5 Å². The number of nitro groups is 1. The molecular formula is C16H20ClN5O2. The summed E-state index contributed by atoms with van der Waals surface area (Å²) in [4.78, 5) is 19.1. The van der Waals surface area contributed by atoms with Crippen LogP contribution in [0.3, 0.4) is 0 Å². The number of hydrogen-bond acceptors (Lipinski definition) is 5. The summed E-state index contributed by atoms with van der Waals surface area (Å²) in [5.74, 6) is 0.525. The minimum absolute atomic E-state index is 0.0661. The van der Waals surface area contributed by atoms with Gasteiger partial charge in [0.25, 0.3) is 0 Å². The Balaban J connectivity index is 1.68. The van der Waals surface area contributed by atoms with Crippen LogP contribution in [0, 0.1) is 10.1 Å². The Kier molecular flexibility index (Phi) is 5.01. The number of rotatable bonds is 4. The van der Waals surface area contributed by atoms with E-state index in [2.05, 4.69) is 14.8 Å². The second kappa shape index (κ2) is 7.19. The standard InChI is InChI=1S/C16H20ClN5O2/c1-19-12-18-15(22(23)24)16(19)21-8-2-7-20(9-10-21)11-13-3-5-14(17)6-4-13/h3-6,12H,2,7-11H2,1H3. The van der Waals surface area contributed by atoms with Crippen LogP contribution >= 0.6 is 11.6 Å². The Labute approximate surface area is 145 Å². The molecule has 8 heteroatoms. The largest absolute Gasteiger partial charge is 0.406 e. The summed E-state index contributed by atoms with van der Waals surface area (Å²) in [7, 11) is 1.80. The average Bonchev–Trinajstić information content (AvgIpc) is 2.80. The maximum atomic E-state index is 11.2. The summed E-state index contributed by atoms with van der Waals surface area (Å²) < 4.78 is 1.73. The molecule has 0 amide bonds. The van der Waals surface area contributed by atoms with E-state index < -0.39 is 4.92 Å². The zero-order valence-electron chi connectivity index (χ0n) is 13.6. The van der Waals surface area contributed by atoms with Gasteiger partial charge >= 0.3 is 5.82 Å². The number of halogens is 1. The smallest absolute Gasteiger partial charge is 0.358 e. The molecule has 2 heterocycles. The van der Waals surface area contributed by atoms with Crippen LogP contribution in [0.25, 0.3) is 0 Å². The highest BCUT2D eigenvalue weighted by atomic mass is 35.5. The molecule has 1 saturated heterocycles. The highest BCUT2D eigenvalue weighted by Gasteiger charge is 2.27. The summed E-state index contributed by atoms with van der Waals surface area (Å²) >= 11 is 5.93. The third kappa shape index (κ3) is 3.68. The molecule has 0 spiro atoms. The Morgan fingerprint density at radius 1 is 1.21 bits per heavy atom. The summed E-state index contributed by atoms with van der Waals surface area (Å²) in [5, 5.41) is 11.9. The first-order valence-electron chi connectivity index (χ1n) is 7.92. The fourth-order valence-corrected chi connectivity index (χ4v) is 3.22. The maximum absolute atomic E-state index is 11.2. The van der Waals surface area contributed by atoms with Crippen molar-refractivity contribution < 1.29 is 4.92 Å². The Bertz CT molecular complexity index is 716. The predicted molar refractivity (Wildman–Crippen MR) is 93.4 cm³/mol. The quantitative estimate of drug-likeness (QED) is 0.627. The minimum atomic E-state index is -0.411. The van der Waals surface area contributed by atoms with Gasteiger partial charge in [-0.25, -0.2) is 0 Å². The number of benzene rings is 1. The number of aromatic nitrogens is 2. The number of anilines is 1. The molecule has 1 aliphatic heterocycles. The Hall–Kier alpha value is -2.12. The van der Waals surface area contributed by atoms with E-state index in [0.29, 0.717) is 5.82 Å². The molecule has 0 radical (unpaired) electrons. The van der Waals surface area contributed by atoms with E-state index in [9.17, 15) is 10.1 Å². The summed E-state index contributed by atoms with van der Waals surface area (Å²) in [6, 6.07) is 7.88. The first-order valence-corrected chi connectivity index (χ1v) is 8.30. The summed E-state index contributed by atoms with van der Waals surface area (Å²) in [6.45, 7) is 4.21. The van der Waals surface area contributed by atoms with Crippen LogP contribution < -0.4 is 4.90 Å². The fourth-order valence-electron chi connectivity index (χ4n) is 3.09. The van der Waals surface area contributed by atoms with Crippen molar-refractivity contribution in [2.75, 3.05) is 31.1 Å². The lowest BCUT2D eigenvalue weighted by Gasteiger charge is -2.22. The molecule has 0 saturated carbocycles. The van der Waals surface area contributed by atoms with Crippen LogP contribution in [0.1, 0.15) is 12.0 Å². The molecule has 0 aliphatic carbocycles. The molecule has 1 fully saturated rings. The molecule has 0 N–H and O–H groups in total. The highest BCUT2D eigenvalue weighted by Crippen LogP contribution is 2.27. The van der Waals surface area contributed by atoms with E-state index in [4.69, 9.17) is 11.6 Å². The molecule has 0 atom stereocenters. The highest BCUT2D eigenvalue weighted by molar-refractivity contribution is 6.30. The topological polar surface area (TPSA) is 67.4 Å². The number of hydrogen-bond donors (Lipinski definition) is 0. The molecule has 3 rings (SSSR count). The van der Waals surface area contributed by atoms with Crippen LogP contribution in [-0.2, 0) is 13.6 Å². The third-order valence-electron chi connectivity index (χ3n) is 4.27. The molecule has 0 bridgehead atoms. The zero-order valence-corrected chi connectivity index (χ0v) is 14.3. The van der Waals surface area contributed by atoms with Crippen LogP contribution in [0.4, 0.5) is 11.6 Å². The van der Waals surface area contributed by atoms with Crippen molar-refractivity contribution in [1.29, 1.82) is 0 Å². The molecule has 1 aromatic carbocycles. The fraction of sp³-hybridized carbons (Fsp3) is 0.438. The van der Waals surface area contributed by atoms with Crippen LogP contribution in [0.2, 0.25) is 5.02 Å². The van der Waals surface area contributed by atoms with E-state index in [1.807, 2.05) is 24.3 Å². The Morgan fingerprint density at radius 2 is 1.96 bits per heavy atom. The number of imidazole rings is 1. The lowest BCUT2D eigenvalue weighted by molar-refractivity contribution is -0.388. The van der Waals surface area contributed by atoms with Gasteiger partial charge in [0.1, 0.15) is 0 Å². The van der Waals surface area contributed by atoms with Gasteiger partial charge in [0.05, 0.1) is 0 Å². The molecule has 7 nitrogen and oxygen atoms in total. The van der Waals surface area contributed by atoms with E-state index in [-0.39, 0.29) is 5.82 Å². The van der Waals surface area contributed by atoms with Crippen molar-refractivity contribution in [3.8, 4) is 0 Å². The second-order valence-corrected chi connectivity index (χ2v) is 6.44. The van der Waals surface area contributed by atoms with Gasteiger partial charge in [-0.3, -0.25) is 9.47 Å². The number of aryl methyl sites for hydroxylation is 1. The third-order valence-corrected chi connectivity index (χ3v) is 4.52. The first-order chi connectivity index (χ1) is 11.5. The molecular weight excluding hydrogens is 330 g/mol. The van der Waals surface area contributed by atoms with E-state index in [1.54, 1.807) is 11.6 Å². The van der Waals surface area contributed by atoms with Gasteiger partial charge in [0.2, 0.25) is 12.1 Å². The zero-order chi connectivity index (χ0) is 17.1. The average molecular weight is 350 g/mol. The van der Waals surface area contributed by atoms with Gasteiger partial charge in [-0.05, 0) is 34.0 Å². The van der Waals surface area contributed by atoms with Gasteiger partial charge < -0.3 is 15.0 Å². The van der Waals surface area contributed by atoms with Crippen molar-refractivity contribution >= 4 is 23.2 Å². The lowest BCUT2D eigenvalue weighted by Crippen LogP contribution is -2.31. The van der Waals surface area contributed by atoms with Gasteiger partial charge in [-0.2, -0.15) is 0 Å². The van der Waals surface area contributed by atoms with Crippen LogP contribution in [0.15, 0.2) is 30.6 Å². The Morgan fingerprint density at radius 3 is 2.67 bits per heavy atom. The molecule has 2 aromatic rings. The van der Waals surface area contributed by atoms with E-state index in [1.165, 1.54) is 11.9 Å². The lowest BCUT2D eigenvalue weighted by atomic mass is 10.2. The predicted octanol–water partition coefficient (Wildman–Crippen LogP) is 2.69. The van der Waals surface area contributed by atoms with Gasteiger partial charge in [-0.1, -0.05) is 23.7 Å². The van der Waals surface area contributed by atoms with Crippen molar-refractivity contribution in [2.24, 2.45) is 7.05 Å². The maximum Gasteiger partial charge on any atom is 0.406 e. The summed E-state index contributed by atoms with van der Waals surface area (Å²) in [6.07, 6.45) is 2.46. The van der Waals surface area contributed by atoms with Gasteiger partial charge in [0, 0.05) is 44.8 Å². The molecule has 24 heavy (non-hydrogen) atoms. The van der Waals surface area contributed by atoms with E-state index in [0.717, 1.165) is 44.2 Å².